The van der Waals surface area contributed by atoms with Crippen LogP contribution in [-0.2, 0) is 14.8 Å². The highest BCUT2D eigenvalue weighted by atomic mass is 35.5. The minimum absolute atomic E-state index is 0.0801. The molecular formula is C18H18ClN5O3S. The number of aromatic nitrogens is 1. The van der Waals surface area contributed by atoms with E-state index < -0.39 is 10.0 Å². The Balaban J connectivity index is 1.71. The second-order valence-corrected chi connectivity index (χ2v) is 8.58. The van der Waals surface area contributed by atoms with E-state index in [0.29, 0.717) is 43.2 Å². The number of anilines is 2. The van der Waals surface area contributed by atoms with Gasteiger partial charge in [-0.25, -0.2) is 13.4 Å². The zero-order chi connectivity index (χ0) is 20.3. The van der Waals surface area contributed by atoms with Crippen LogP contribution in [0, 0.1) is 11.3 Å². The van der Waals surface area contributed by atoms with E-state index in [1.807, 2.05) is 11.0 Å². The molecule has 1 aromatic heterocycles. The third-order valence-electron chi connectivity index (χ3n) is 4.33. The molecule has 10 heteroatoms. The van der Waals surface area contributed by atoms with E-state index in [1.165, 1.54) is 35.6 Å². The molecule has 3 rings (SSSR count). The van der Waals surface area contributed by atoms with E-state index in [2.05, 4.69) is 10.3 Å². The molecule has 0 atom stereocenters. The van der Waals surface area contributed by atoms with E-state index in [9.17, 15) is 13.2 Å². The summed E-state index contributed by atoms with van der Waals surface area (Å²) >= 11 is 6.11. The summed E-state index contributed by atoms with van der Waals surface area (Å²) in [6.07, 6.45) is 1.50. The zero-order valence-electron chi connectivity index (χ0n) is 15.1. The molecule has 28 heavy (non-hydrogen) atoms. The lowest BCUT2D eigenvalue weighted by Gasteiger charge is -2.34. The van der Waals surface area contributed by atoms with E-state index >= 15 is 0 Å². The number of sulfonamides is 1. The van der Waals surface area contributed by atoms with Gasteiger partial charge < -0.3 is 10.2 Å². The molecule has 146 valence electrons. The van der Waals surface area contributed by atoms with Crippen LogP contribution in [0.2, 0.25) is 5.02 Å². The van der Waals surface area contributed by atoms with Crippen LogP contribution in [0.5, 0.6) is 0 Å². The number of piperazine rings is 1. The van der Waals surface area contributed by atoms with Gasteiger partial charge in [0.15, 0.2) is 0 Å². The third-order valence-corrected chi connectivity index (χ3v) is 6.54. The average molecular weight is 420 g/mol. The Morgan fingerprint density at radius 2 is 1.93 bits per heavy atom. The molecule has 1 aliphatic rings. The number of carbonyl (C=O) groups is 1. The molecule has 2 heterocycles. The number of nitriles is 1. The SMILES string of the molecule is CC(=O)Nc1ccc(S(=O)(=O)N2CCN(c3ccc(C#N)cn3)CC2)cc1Cl. The summed E-state index contributed by atoms with van der Waals surface area (Å²) in [6.45, 7) is 2.92. The van der Waals surface area contributed by atoms with Gasteiger partial charge in [0, 0.05) is 39.3 Å². The zero-order valence-corrected chi connectivity index (χ0v) is 16.7. The van der Waals surface area contributed by atoms with Crippen LogP contribution in [0.4, 0.5) is 11.5 Å². The van der Waals surface area contributed by atoms with Crippen molar-refractivity contribution in [3.63, 3.8) is 0 Å². The van der Waals surface area contributed by atoms with Gasteiger partial charge in [-0.3, -0.25) is 4.79 Å². The molecule has 1 aromatic carbocycles. The molecule has 1 saturated heterocycles. The first-order valence-electron chi connectivity index (χ1n) is 8.49. The van der Waals surface area contributed by atoms with Crippen LogP contribution >= 0.6 is 11.6 Å². The number of rotatable bonds is 4. The van der Waals surface area contributed by atoms with Crippen LogP contribution in [-0.4, -0.2) is 49.8 Å². The van der Waals surface area contributed by atoms with Crippen molar-refractivity contribution >= 4 is 39.0 Å². The van der Waals surface area contributed by atoms with Crippen molar-refractivity contribution in [3.8, 4) is 6.07 Å². The van der Waals surface area contributed by atoms with Crippen molar-refractivity contribution in [1.29, 1.82) is 5.26 Å². The highest BCUT2D eigenvalue weighted by Crippen LogP contribution is 2.27. The van der Waals surface area contributed by atoms with Crippen molar-refractivity contribution in [2.24, 2.45) is 0 Å². The highest BCUT2D eigenvalue weighted by molar-refractivity contribution is 7.89. The fourth-order valence-corrected chi connectivity index (χ4v) is 4.63. The number of hydrogen-bond donors (Lipinski definition) is 1. The van der Waals surface area contributed by atoms with Crippen LogP contribution in [0.3, 0.4) is 0 Å². The third kappa shape index (κ3) is 4.25. The standard InChI is InChI=1S/C18H18ClN5O3S/c1-13(25)22-17-4-3-15(10-16(17)19)28(26,27)24-8-6-23(7-9-24)18-5-2-14(11-20)12-21-18/h2-5,10,12H,6-9H2,1H3,(H,22,25). The van der Waals surface area contributed by atoms with Crippen LogP contribution in [0.15, 0.2) is 41.4 Å². The maximum absolute atomic E-state index is 12.9. The molecule has 0 saturated carbocycles. The van der Waals surface area contributed by atoms with Gasteiger partial charge in [-0.1, -0.05) is 11.6 Å². The molecule has 1 N–H and O–H groups in total. The molecule has 8 nitrogen and oxygen atoms in total. The van der Waals surface area contributed by atoms with Crippen molar-refractivity contribution < 1.29 is 13.2 Å². The average Bonchev–Trinajstić information content (AvgIpc) is 2.69. The highest BCUT2D eigenvalue weighted by Gasteiger charge is 2.29. The number of pyridine rings is 1. The van der Waals surface area contributed by atoms with Gasteiger partial charge in [-0.2, -0.15) is 9.57 Å². The summed E-state index contributed by atoms with van der Waals surface area (Å²) in [7, 11) is -3.70. The molecule has 0 unspecified atom stereocenters. The Bertz CT molecular complexity index is 1030. The Labute approximate surface area is 168 Å². The molecule has 1 aliphatic heterocycles. The van der Waals surface area contributed by atoms with Crippen LogP contribution in [0.1, 0.15) is 12.5 Å². The fourth-order valence-electron chi connectivity index (χ4n) is 2.89. The van der Waals surface area contributed by atoms with E-state index in [1.54, 1.807) is 12.1 Å². The summed E-state index contributed by atoms with van der Waals surface area (Å²) in [5.41, 5.74) is 0.842. The summed E-state index contributed by atoms with van der Waals surface area (Å²) in [5.74, 6) is 0.420. The normalized spacial score (nSPS) is 15.1. The summed E-state index contributed by atoms with van der Waals surface area (Å²) in [5, 5.41) is 11.6. The lowest BCUT2D eigenvalue weighted by atomic mass is 10.3. The Morgan fingerprint density at radius 3 is 2.46 bits per heavy atom. The number of carbonyl (C=O) groups excluding carboxylic acids is 1. The van der Waals surface area contributed by atoms with Gasteiger partial charge in [0.05, 0.1) is 21.2 Å². The van der Waals surface area contributed by atoms with Gasteiger partial charge in [0.2, 0.25) is 15.9 Å². The summed E-state index contributed by atoms with van der Waals surface area (Å²) in [6, 6.07) is 9.71. The first kappa shape index (κ1) is 20.1. The number of amides is 1. The molecule has 1 amide bonds. The molecule has 2 aromatic rings. The maximum atomic E-state index is 12.9. The lowest BCUT2D eigenvalue weighted by Crippen LogP contribution is -2.48. The second kappa shape index (κ2) is 8.14. The maximum Gasteiger partial charge on any atom is 0.243 e. The van der Waals surface area contributed by atoms with Gasteiger partial charge in [-0.15, -0.1) is 0 Å². The van der Waals surface area contributed by atoms with Gasteiger partial charge in [-0.05, 0) is 30.3 Å². The fraction of sp³-hybridized carbons (Fsp3) is 0.278. The van der Waals surface area contributed by atoms with E-state index in [0.717, 1.165) is 0 Å². The molecule has 0 bridgehead atoms. The van der Waals surface area contributed by atoms with Crippen molar-refractivity contribution in [2.75, 3.05) is 36.4 Å². The number of hydrogen-bond acceptors (Lipinski definition) is 6. The summed E-state index contributed by atoms with van der Waals surface area (Å²) < 4.78 is 27.2. The predicted molar refractivity (Wildman–Crippen MR) is 106 cm³/mol. The van der Waals surface area contributed by atoms with Gasteiger partial charge >= 0.3 is 0 Å². The first-order chi connectivity index (χ1) is 13.3. The van der Waals surface area contributed by atoms with Crippen molar-refractivity contribution in [3.05, 3.63) is 47.1 Å². The Kier molecular flexibility index (Phi) is 5.84. The monoisotopic (exact) mass is 419 g/mol. The number of benzene rings is 1. The van der Waals surface area contributed by atoms with Gasteiger partial charge in [0.25, 0.3) is 0 Å². The molecular weight excluding hydrogens is 402 g/mol. The lowest BCUT2D eigenvalue weighted by molar-refractivity contribution is -0.114. The first-order valence-corrected chi connectivity index (χ1v) is 10.3. The topological polar surface area (TPSA) is 106 Å². The predicted octanol–water partition coefficient (Wildman–Crippen LogP) is 2.08. The minimum atomic E-state index is -3.70. The Morgan fingerprint density at radius 1 is 1.21 bits per heavy atom. The number of halogens is 1. The van der Waals surface area contributed by atoms with Crippen molar-refractivity contribution in [2.45, 2.75) is 11.8 Å². The van der Waals surface area contributed by atoms with E-state index in [4.69, 9.17) is 16.9 Å². The minimum Gasteiger partial charge on any atom is -0.354 e. The smallest absolute Gasteiger partial charge is 0.243 e. The Hall–Kier alpha value is -2.67. The molecule has 0 radical (unpaired) electrons. The number of nitrogens with zero attached hydrogens (tertiary/aromatic N) is 4. The molecule has 0 spiro atoms. The van der Waals surface area contributed by atoms with Crippen LogP contribution in [0.25, 0.3) is 0 Å². The van der Waals surface area contributed by atoms with Crippen LogP contribution < -0.4 is 10.2 Å². The summed E-state index contributed by atoms with van der Waals surface area (Å²) in [4.78, 5) is 17.5. The molecule has 1 fully saturated rings. The van der Waals surface area contributed by atoms with Crippen molar-refractivity contribution in [1.82, 2.24) is 9.29 Å². The van der Waals surface area contributed by atoms with Gasteiger partial charge in [0.1, 0.15) is 11.9 Å². The largest absolute Gasteiger partial charge is 0.354 e. The second-order valence-electron chi connectivity index (χ2n) is 6.23. The molecule has 0 aliphatic carbocycles. The quantitative estimate of drug-likeness (QED) is 0.813. The number of nitrogens with one attached hydrogen (secondary N) is 1. The van der Waals surface area contributed by atoms with E-state index in [-0.39, 0.29) is 15.8 Å².